The molecule has 1 aliphatic heterocycles. The minimum Gasteiger partial charge on any atom is -0.356 e. The lowest BCUT2D eigenvalue weighted by Gasteiger charge is -2.23. The van der Waals surface area contributed by atoms with Crippen LogP contribution in [0.3, 0.4) is 0 Å². The van der Waals surface area contributed by atoms with E-state index in [0.717, 1.165) is 55.5 Å². The number of carbonyl (C=O) groups excluding carboxylic acids is 1. The van der Waals surface area contributed by atoms with E-state index in [0.29, 0.717) is 12.6 Å². The molecule has 3 rings (SSSR count). The van der Waals surface area contributed by atoms with Gasteiger partial charge in [0.05, 0.1) is 12.1 Å². The number of aromatic amines is 1. The van der Waals surface area contributed by atoms with Crippen molar-refractivity contribution in [3.8, 4) is 0 Å². The maximum absolute atomic E-state index is 12.2. The molecule has 1 saturated heterocycles. The molecule has 1 aliphatic carbocycles. The molecule has 0 radical (unpaired) electrons. The summed E-state index contributed by atoms with van der Waals surface area (Å²) in [5, 5.41) is 13.1. The van der Waals surface area contributed by atoms with Gasteiger partial charge in [-0.05, 0) is 57.1 Å². The van der Waals surface area contributed by atoms with Crippen molar-refractivity contribution < 1.29 is 4.79 Å². The first kappa shape index (κ1) is 16.2. The lowest BCUT2D eigenvalue weighted by molar-refractivity contribution is -0.120. The molecule has 1 aromatic heterocycles. The molecule has 6 nitrogen and oxygen atoms in total. The number of piperidine rings is 1. The van der Waals surface area contributed by atoms with Gasteiger partial charge in [-0.1, -0.05) is 6.42 Å². The predicted molar refractivity (Wildman–Crippen MR) is 88.5 cm³/mol. The van der Waals surface area contributed by atoms with Gasteiger partial charge in [0.2, 0.25) is 5.91 Å². The van der Waals surface area contributed by atoms with Gasteiger partial charge in [-0.15, -0.1) is 0 Å². The summed E-state index contributed by atoms with van der Waals surface area (Å²) in [6.45, 7) is 1.79. The lowest BCUT2D eigenvalue weighted by Crippen LogP contribution is -2.38. The highest BCUT2D eigenvalue weighted by molar-refractivity contribution is 5.78. The maximum Gasteiger partial charge on any atom is 0.267 e. The molecule has 1 aromatic rings. The van der Waals surface area contributed by atoms with Crippen molar-refractivity contribution in [1.82, 2.24) is 20.8 Å². The van der Waals surface area contributed by atoms with Gasteiger partial charge in [0.15, 0.2) is 0 Å². The monoisotopic (exact) mass is 318 g/mol. The van der Waals surface area contributed by atoms with Crippen molar-refractivity contribution in [2.45, 2.75) is 63.8 Å². The molecule has 0 spiro atoms. The summed E-state index contributed by atoms with van der Waals surface area (Å²) in [5.74, 6) is -0.00636. The maximum atomic E-state index is 12.2. The summed E-state index contributed by atoms with van der Waals surface area (Å²) in [6.07, 6.45) is 8.74. The van der Waals surface area contributed by atoms with E-state index in [-0.39, 0.29) is 17.9 Å². The fourth-order valence-corrected chi connectivity index (χ4v) is 3.64. The van der Waals surface area contributed by atoms with E-state index in [4.69, 9.17) is 0 Å². The van der Waals surface area contributed by atoms with Crippen LogP contribution in [-0.4, -0.2) is 35.2 Å². The molecule has 126 valence electrons. The van der Waals surface area contributed by atoms with E-state index in [2.05, 4.69) is 20.8 Å². The molecule has 1 amide bonds. The number of nitrogens with zero attached hydrogens (tertiary/aromatic N) is 1. The highest BCUT2D eigenvalue weighted by Crippen LogP contribution is 2.20. The van der Waals surface area contributed by atoms with Gasteiger partial charge in [-0.2, -0.15) is 5.10 Å². The van der Waals surface area contributed by atoms with E-state index in [9.17, 15) is 9.59 Å². The number of rotatable bonds is 5. The number of nitrogens with one attached hydrogen (secondary N) is 3. The highest BCUT2D eigenvalue weighted by atomic mass is 16.1. The summed E-state index contributed by atoms with van der Waals surface area (Å²) < 4.78 is 0. The molecule has 2 heterocycles. The van der Waals surface area contributed by atoms with Crippen LogP contribution in [0.2, 0.25) is 0 Å². The van der Waals surface area contributed by atoms with E-state index < -0.39 is 0 Å². The van der Waals surface area contributed by atoms with Crippen molar-refractivity contribution in [2.24, 2.45) is 0 Å². The van der Waals surface area contributed by atoms with Gasteiger partial charge >= 0.3 is 0 Å². The third-order valence-electron chi connectivity index (χ3n) is 4.94. The molecule has 0 aromatic carbocycles. The normalized spacial score (nSPS) is 20.8. The number of hydrogen-bond donors (Lipinski definition) is 3. The lowest BCUT2D eigenvalue weighted by atomic mass is 9.91. The molecule has 0 bridgehead atoms. The first-order valence-corrected chi connectivity index (χ1v) is 8.83. The Labute approximate surface area is 136 Å². The van der Waals surface area contributed by atoms with Crippen LogP contribution in [0.15, 0.2) is 4.79 Å². The second-order valence-electron chi connectivity index (χ2n) is 6.63. The zero-order valence-electron chi connectivity index (χ0n) is 13.6. The molecule has 2 aliphatic rings. The number of fused-ring (bicyclic) bond motifs is 1. The highest BCUT2D eigenvalue weighted by Gasteiger charge is 2.19. The number of carbonyl (C=O) groups is 1. The molecule has 1 atom stereocenters. The van der Waals surface area contributed by atoms with Crippen molar-refractivity contribution in [1.29, 1.82) is 0 Å². The Hall–Kier alpha value is -1.69. The molecule has 23 heavy (non-hydrogen) atoms. The summed E-state index contributed by atoms with van der Waals surface area (Å²) in [7, 11) is 0. The van der Waals surface area contributed by atoms with Crippen LogP contribution in [0.5, 0.6) is 0 Å². The third kappa shape index (κ3) is 4.19. The van der Waals surface area contributed by atoms with Crippen molar-refractivity contribution in [3.05, 3.63) is 27.2 Å². The third-order valence-corrected chi connectivity index (χ3v) is 4.94. The fraction of sp³-hybridized carbons (Fsp3) is 0.706. The van der Waals surface area contributed by atoms with E-state index in [1.807, 2.05) is 0 Å². The number of hydrogen-bond acceptors (Lipinski definition) is 4. The van der Waals surface area contributed by atoms with Crippen molar-refractivity contribution in [2.75, 3.05) is 13.1 Å². The van der Waals surface area contributed by atoms with Crippen molar-refractivity contribution in [3.63, 3.8) is 0 Å². The Bertz CT molecular complexity index is 605. The minimum absolute atomic E-state index is 0.00636. The molecular weight excluding hydrogens is 292 g/mol. The average Bonchev–Trinajstić information content (AvgIpc) is 2.59. The summed E-state index contributed by atoms with van der Waals surface area (Å²) in [5.41, 5.74) is 2.49. The predicted octanol–water partition coefficient (Wildman–Crippen LogP) is 0.840. The SMILES string of the molecule is O=C(Cc1n[nH]c(=O)c2c1CCCC2)NCCC1CCCCN1. The van der Waals surface area contributed by atoms with Crippen LogP contribution in [-0.2, 0) is 24.1 Å². The standard InChI is InChI=1S/C17H26N4O2/c22-16(19-10-8-12-5-3-4-9-18-12)11-15-13-6-1-2-7-14(13)17(23)21-20-15/h12,18H,1-11H2,(H,19,22)(H,21,23). The zero-order chi connectivity index (χ0) is 16.1. The number of amides is 1. The Balaban J connectivity index is 1.52. The van der Waals surface area contributed by atoms with Crippen LogP contribution in [0.1, 0.15) is 55.3 Å². The molecular formula is C17H26N4O2. The Kier molecular flexibility index (Phi) is 5.43. The summed E-state index contributed by atoms with van der Waals surface area (Å²) >= 11 is 0. The van der Waals surface area contributed by atoms with Crippen LogP contribution < -0.4 is 16.2 Å². The summed E-state index contributed by atoms with van der Waals surface area (Å²) in [6, 6.07) is 0.531. The Morgan fingerprint density at radius 2 is 2.00 bits per heavy atom. The van der Waals surface area contributed by atoms with E-state index in [1.165, 1.54) is 19.3 Å². The minimum atomic E-state index is -0.0905. The smallest absolute Gasteiger partial charge is 0.267 e. The zero-order valence-corrected chi connectivity index (χ0v) is 13.6. The Morgan fingerprint density at radius 3 is 2.78 bits per heavy atom. The first-order valence-electron chi connectivity index (χ1n) is 8.83. The van der Waals surface area contributed by atoms with Gasteiger partial charge in [0.25, 0.3) is 5.56 Å². The van der Waals surface area contributed by atoms with Gasteiger partial charge in [0.1, 0.15) is 0 Å². The fourth-order valence-electron chi connectivity index (χ4n) is 3.64. The molecule has 6 heteroatoms. The number of aromatic nitrogens is 2. The quantitative estimate of drug-likeness (QED) is 0.751. The van der Waals surface area contributed by atoms with Gasteiger partial charge in [0, 0.05) is 18.2 Å². The average molecular weight is 318 g/mol. The molecule has 1 fully saturated rings. The second kappa shape index (κ2) is 7.73. The molecule has 3 N–H and O–H groups in total. The first-order chi connectivity index (χ1) is 11.2. The number of H-pyrrole nitrogens is 1. The van der Waals surface area contributed by atoms with Crippen LogP contribution in [0.4, 0.5) is 0 Å². The molecule has 0 saturated carbocycles. The van der Waals surface area contributed by atoms with Crippen LogP contribution >= 0.6 is 0 Å². The topological polar surface area (TPSA) is 86.9 Å². The Morgan fingerprint density at radius 1 is 1.17 bits per heavy atom. The van der Waals surface area contributed by atoms with Gasteiger partial charge in [-0.3, -0.25) is 9.59 Å². The van der Waals surface area contributed by atoms with Gasteiger partial charge in [-0.25, -0.2) is 5.10 Å². The van der Waals surface area contributed by atoms with Crippen LogP contribution in [0.25, 0.3) is 0 Å². The molecule has 1 unspecified atom stereocenters. The summed E-state index contributed by atoms with van der Waals surface area (Å²) in [4.78, 5) is 24.0. The van der Waals surface area contributed by atoms with E-state index >= 15 is 0 Å². The van der Waals surface area contributed by atoms with Gasteiger partial charge < -0.3 is 10.6 Å². The van der Waals surface area contributed by atoms with Crippen molar-refractivity contribution >= 4 is 5.91 Å². The van der Waals surface area contributed by atoms with Crippen LogP contribution in [0, 0.1) is 0 Å². The largest absolute Gasteiger partial charge is 0.356 e. The van der Waals surface area contributed by atoms with E-state index in [1.54, 1.807) is 0 Å². The second-order valence-corrected chi connectivity index (χ2v) is 6.63.